The van der Waals surface area contributed by atoms with E-state index in [1.807, 2.05) is 29.2 Å². The van der Waals surface area contributed by atoms with E-state index in [1.165, 1.54) is 11.1 Å². The number of likely N-dealkylation sites (tertiary alicyclic amines) is 1. The van der Waals surface area contributed by atoms with E-state index in [0.29, 0.717) is 56.0 Å². The SMILES string of the molecule is CCOC(=O)C1CCN(CC(=O)N2N=C(c3cccc(OC)c3)C[C@H]2c2ccccc2F)CC1. The highest BCUT2D eigenvalue weighted by Gasteiger charge is 2.36. The fraction of sp³-hybridized carbons (Fsp3) is 0.423. The zero-order valence-electron chi connectivity index (χ0n) is 19.6. The Balaban J connectivity index is 1.51. The van der Waals surface area contributed by atoms with Crippen LogP contribution < -0.4 is 4.74 Å². The van der Waals surface area contributed by atoms with Gasteiger partial charge in [0.15, 0.2) is 0 Å². The van der Waals surface area contributed by atoms with Gasteiger partial charge in [-0.15, -0.1) is 0 Å². The average Bonchev–Trinajstić information content (AvgIpc) is 3.30. The van der Waals surface area contributed by atoms with E-state index in [0.717, 1.165) is 5.56 Å². The lowest BCUT2D eigenvalue weighted by atomic mass is 9.96. The minimum atomic E-state index is -0.521. The Morgan fingerprint density at radius 1 is 1.12 bits per heavy atom. The Kier molecular flexibility index (Phi) is 7.57. The molecule has 180 valence electrons. The maximum absolute atomic E-state index is 14.7. The largest absolute Gasteiger partial charge is 0.497 e. The number of hydrogen-bond donors (Lipinski definition) is 0. The lowest BCUT2D eigenvalue weighted by Crippen LogP contribution is -2.43. The predicted molar refractivity (Wildman–Crippen MR) is 126 cm³/mol. The van der Waals surface area contributed by atoms with Gasteiger partial charge < -0.3 is 9.47 Å². The van der Waals surface area contributed by atoms with Crippen LogP contribution in [0.5, 0.6) is 5.75 Å². The van der Waals surface area contributed by atoms with Crippen molar-refractivity contribution in [3.63, 3.8) is 0 Å². The highest BCUT2D eigenvalue weighted by molar-refractivity contribution is 6.03. The van der Waals surface area contributed by atoms with E-state index in [1.54, 1.807) is 32.2 Å². The van der Waals surface area contributed by atoms with Crippen LogP contribution in [0.25, 0.3) is 0 Å². The molecule has 2 aliphatic rings. The summed E-state index contributed by atoms with van der Waals surface area (Å²) in [6.45, 7) is 3.58. The second kappa shape index (κ2) is 10.8. The number of nitrogens with zero attached hydrogens (tertiary/aromatic N) is 3. The Morgan fingerprint density at radius 2 is 1.88 bits per heavy atom. The van der Waals surface area contributed by atoms with E-state index < -0.39 is 6.04 Å². The van der Waals surface area contributed by atoms with Crippen molar-refractivity contribution in [3.8, 4) is 5.75 Å². The molecular weight excluding hydrogens is 437 g/mol. The van der Waals surface area contributed by atoms with Crippen molar-refractivity contribution in [2.24, 2.45) is 11.0 Å². The minimum Gasteiger partial charge on any atom is -0.497 e. The standard InChI is InChI=1S/C26H30FN3O4/c1-3-34-26(32)18-11-13-29(14-12-18)17-25(31)30-24(21-9-4-5-10-22(21)27)16-23(28-30)19-7-6-8-20(15-19)33-2/h4-10,15,18,24H,3,11-14,16-17H2,1-2H3/t24-/m0/s1. The molecule has 34 heavy (non-hydrogen) atoms. The molecule has 2 aromatic rings. The summed E-state index contributed by atoms with van der Waals surface area (Å²) in [6.07, 6.45) is 1.72. The monoisotopic (exact) mass is 467 g/mol. The minimum absolute atomic E-state index is 0.123. The summed E-state index contributed by atoms with van der Waals surface area (Å²) < 4.78 is 25.2. The Hall–Kier alpha value is -3.26. The van der Waals surface area contributed by atoms with Gasteiger partial charge in [0.25, 0.3) is 5.91 Å². The molecule has 0 bridgehead atoms. The van der Waals surface area contributed by atoms with Gasteiger partial charge in [0.2, 0.25) is 0 Å². The number of hydrazone groups is 1. The number of carbonyl (C=O) groups excluding carboxylic acids is 2. The van der Waals surface area contributed by atoms with Gasteiger partial charge >= 0.3 is 5.97 Å². The van der Waals surface area contributed by atoms with Gasteiger partial charge in [-0.25, -0.2) is 9.40 Å². The molecule has 1 saturated heterocycles. The zero-order valence-corrected chi connectivity index (χ0v) is 19.6. The quantitative estimate of drug-likeness (QED) is 0.580. The fourth-order valence-corrected chi connectivity index (χ4v) is 4.56. The number of rotatable bonds is 7. The smallest absolute Gasteiger partial charge is 0.309 e. The van der Waals surface area contributed by atoms with Crippen molar-refractivity contribution in [2.75, 3.05) is 33.4 Å². The number of ether oxygens (including phenoxy) is 2. The summed E-state index contributed by atoms with van der Waals surface area (Å²) in [5.41, 5.74) is 1.99. The van der Waals surface area contributed by atoms with Crippen LogP contribution in [0.2, 0.25) is 0 Å². The molecule has 0 aliphatic carbocycles. The molecule has 8 heteroatoms. The summed E-state index contributed by atoms with van der Waals surface area (Å²) in [5, 5.41) is 6.06. The first kappa shape index (κ1) is 23.9. The van der Waals surface area contributed by atoms with E-state index in [2.05, 4.69) is 5.10 Å². The summed E-state index contributed by atoms with van der Waals surface area (Å²) in [4.78, 5) is 27.4. The van der Waals surface area contributed by atoms with Crippen molar-refractivity contribution in [1.82, 2.24) is 9.91 Å². The van der Waals surface area contributed by atoms with E-state index in [-0.39, 0.29) is 30.2 Å². The van der Waals surface area contributed by atoms with Gasteiger partial charge in [0, 0.05) is 17.5 Å². The maximum atomic E-state index is 14.7. The summed E-state index contributed by atoms with van der Waals surface area (Å²) in [6, 6.07) is 13.5. The van der Waals surface area contributed by atoms with Crippen LogP contribution in [-0.4, -0.2) is 60.8 Å². The second-order valence-corrected chi connectivity index (χ2v) is 8.56. The highest BCUT2D eigenvalue weighted by atomic mass is 19.1. The zero-order chi connectivity index (χ0) is 24.1. The lowest BCUT2D eigenvalue weighted by Gasteiger charge is -2.32. The predicted octanol–water partition coefficient (Wildman–Crippen LogP) is 3.79. The number of halogens is 1. The van der Waals surface area contributed by atoms with Gasteiger partial charge in [-0.05, 0) is 51.1 Å². The van der Waals surface area contributed by atoms with Crippen LogP contribution in [-0.2, 0) is 14.3 Å². The van der Waals surface area contributed by atoms with E-state index >= 15 is 0 Å². The maximum Gasteiger partial charge on any atom is 0.309 e. The Morgan fingerprint density at radius 3 is 2.59 bits per heavy atom. The molecule has 1 fully saturated rings. The van der Waals surface area contributed by atoms with E-state index in [9.17, 15) is 14.0 Å². The molecule has 2 heterocycles. The number of benzene rings is 2. The van der Waals surface area contributed by atoms with Crippen LogP contribution in [0.15, 0.2) is 53.6 Å². The molecule has 4 rings (SSSR count). The van der Waals surface area contributed by atoms with Crippen LogP contribution in [0.4, 0.5) is 4.39 Å². The van der Waals surface area contributed by atoms with Crippen molar-refractivity contribution in [2.45, 2.75) is 32.2 Å². The molecule has 0 aromatic heterocycles. The Labute approximate surface area is 199 Å². The number of esters is 1. The molecule has 1 atom stereocenters. The lowest BCUT2D eigenvalue weighted by molar-refractivity contribution is -0.149. The van der Waals surface area contributed by atoms with Gasteiger partial charge in [0.1, 0.15) is 11.6 Å². The number of hydrogen-bond acceptors (Lipinski definition) is 6. The number of amides is 1. The van der Waals surface area contributed by atoms with Gasteiger partial charge in [-0.2, -0.15) is 5.10 Å². The number of piperidine rings is 1. The van der Waals surface area contributed by atoms with Crippen molar-refractivity contribution >= 4 is 17.6 Å². The molecule has 0 spiro atoms. The molecule has 0 unspecified atom stereocenters. The Bertz CT molecular complexity index is 1070. The molecule has 1 amide bonds. The normalized spacial score (nSPS) is 19.1. The van der Waals surface area contributed by atoms with Crippen molar-refractivity contribution in [1.29, 1.82) is 0 Å². The summed E-state index contributed by atoms with van der Waals surface area (Å²) in [7, 11) is 1.60. The average molecular weight is 468 g/mol. The first-order chi connectivity index (χ1) is 16.5. The first-order valence-electron chi connectivity index (χ1n) is 11.7. The fourth-order valence-electron chi connectivity index (χ4n) is 4.56. The van der Waals surface area contributed by atoms with Crippen LogP contribution in [0.3, 0.4) is 0 Å². The van der Waals surface area contributed by atoms with Crippen LogP contribution in [0, 0.1) is 11.7 Å². The van der Waals surface area contributed by atoms with Crippen LogP contribution >= 0.6 is 0 Å². The molecule has 2 aromatic carbocycles. The molecule has 0 saturated carbocycles. The molecule has 0 radical (unpaired) electrons. The highest BCUT2D eigenvalue weighted by Crippen LogP contribution is 2.35. The van der Waals surface area contributed by atoms with Gasteiger partial charge in [-0.3, -0.25) is 14.5 Å². The molecule has 0 N–H and O–H groups in total. The number of carbonyl (C=O) groups is 2. The van der Waals surface area contributed by atoms with Crippen molar-refractivity contribution in [3.05, 3.63) is 65.5 Å². The van der Waals surface area contributed by atoms with Crippen molar-refractivity contribution < 1.29 is 23.5 Å². The van der Waals surface area contributed by atoms with Gasteiger partial charge in [-0.1, -0.05) is 30.3 Å². The topological polar surface area (TPSA) is 71.4 Å². The molecule has 7 nitrogen and oxygen atoms in total. The van der Waals surface area contributed by atoms with Gasteiger partial charge in [0.05, 0.1) is 37.9 Å². The van der Waals surface area contributed by atoms with Crippen LogP contribution in [0.1, 0.15) is 43.4 Å². The number of methoxy groups -OCH3 is 1. The molecule has 2 aliphatic heterocycles. The van der Waals surface area contributed by atoms with E-state index in [4.69, 9.17) is 9.47 Å². The third-order valence-electron chi connectivity index (χ3n) is 6.40. The molecular formula is C26H30FN3O4. The summed E-state index contributed by atoms with van der Waals surface area (Å²) >= 11 is 0. The third kappa shape index (κ3) is 5.28. The first-order valence-corrected chi connectivity index (χ1v) is 11.7. The second-order valence-electron chi connectivity index (χ2n) is 8.56. The summed E-state index contributed by atoms with van der Waals surface area (Å²) in [5.74, 6) is -0.151. The third-order valence-corrected chi connectivity index (χ3v) is 6.40.